The first-order chi connectivity index (χ1) is 14.0. The summed E-state index contributed by atoms with van der Waals surface area (Å²) in [4.78, 5) is 23.7. The number of piperazine rings is 1. The molecule has 0 radical (unpaired) electrons. The Labute approximate surface area is 168 Å². The second kappa shape index (κ2) is 8.00. The first-order valence-corrected chi connectivity index (χ1v) is 9.66. The molecule has 10 nitrogen and oxygen atoms in total. The van der Waals surface area contributed by atoms with Crippen LogP contribution in [0.25, 0.3) is 5.78 Å². The molecule has 1 amide bonds. The lowest BCUT2D eigenvalue weighted by Gasteiger charge is -2.32. The van der Waals surface area contributed by atoms with Crippen molar-refractivity contribution in [3.05, 3.63) is 35.8 Å². The highest BCUT2D eigenvalue weighted by atomic mass is 16.5. The van der Waals surface area contributed by atoms with Gasteiger partial charge in [-0.15, -0.1) is 10.2 Å². The third-order valence-corrected chi connectivity index (χ3v) is 4.64. The number of nitrogens with zero attached hydrogens (tertiary/aromatic N) is 6. The smallest absolute Gasteiger partial charge is 0.263 e. The number of hydrogen-bond acceptors (Lipinski definition) is 8. The minimum atomic E-state index is -0.368. The van der Waals surface area contributed by atoms with Crippen LogP contribution in [0.15, 0.2) is 24.5 Å². The molecule has 3 aromatic rings. The lowest BCUT2D eigenvalue weighted by atomic mass is 10.2. The zero-order chi connectivity index (χ0) is 20.4. The van der Waals surface area contributed by atoms with Crippen LogP contribution in [-0.2, 0) is 0 Å². The van der Waals surface area contributed by atoms with E-state index in [0.29, 0.717) is 29.8 Å². The zero-order valence-electron chi connectivity index (χ0n) is 16.7. The van der Waals surface area contributed by atoms with E-state index in [-0.39, 0.29) is 11.8 Å². The highest BCUT2D eigenvalue weighted by Crippen LogP contribution is 2.20. The van der Waals surface area contributed by atoms with Gasteiger partial charge < -0.3 is 20.3 Å². The number of aryl methyl sites for hydroxylation is 1. The van der Waals surface area contributed by atoms with E-state index in [1.165, 1.54) is 0 Å². The minimum absolute atomic E-state index is 0.238. The maximum atomic E-state index is 12.8. The van der Waals surface area contributed by atoms with Gasteiger partial charge in [0.25, 0.3) is 5.91 Å². The van der Waals surface area contributed by atoms with E-state index in [2.05, 4.69) is 42.6 Å². The lowest BCUT2D eigenvalue weighted by molar-refractivity contribution is 0.102. The molecule has 2 N–H and O–H groups in total. The SMILES string of the molecule is CCOc1nc2nc(C)cn2cc1C(=O)Nc1ccc(N2CCNC(C)C2)nn1. The maximum absolute atomic E-state index is 12.8. The lowest BCUT2D eigenvalue weighted by Crippen LogP contribution is -2.49. The highest BCUT2D eigenvalue weighted by molar-refractivity contribution is 6.05. The van der Waals surface area contributed by atoms with Crippen LogP contribution in [0, 0.1) is 6.92 Å². The number of carbonyl (C=O) groups excluding carboxylic acids is 1. The molecule has 0 bridgehead atoms. The fourth-order valence-corrected chi connectivity index (χ4v) is 3.31. The summed E-state index contributed by atoms with van der Waals surface area (Å²) in [7, 11) is 0. The van der Waals surface area contributed by atoms with Crippen LogP contribution in [0.2, 0.25) is 0 Å². The van der Waals surface area contributed by atoms with Crippen molar-refractivity contribution in [3.8, 4) is 5.88 Å². The number of amides is 1. The molecular formula is C19H24N8O2. The summed E-state index contributed by atoms with van der Waals surface area (Å²) < 4.78 is 7.25. The Morgan fingerprint density at radius 2 is 2.17 bits per heavy atom. The number of ether oxygens (including phenoxy) is 1. The topological polar surface area (TPSA) is 110 Å². The highest BCUT2D eigenvalue weighted by Gasteiger charge is 2.19. The Hall–Kier alpha value is -3.27. The molecule has 4 heterocycles. The van der Waals surface area contributed by atoms with Crippen LogP contribution in [0.1, 0.15) is 29.9 Å². The third-order valence-electron chi connectivity index (χ3n) is 4.64. The van der Waals surface area contributed by atoms with E-state index in [4.69, 9.17) is 4.74 Å². The standard InChI is InChI=1S/C19H24N8O2/c1-4-29-18-14(11-27-10-13(3)21-19(27)23-18)17(28)22-15-5-6-16(25-24-15)26-8-7-20-12(2)9-26/h5-6,10-12,20H,4,7-9H2,1-3H3,(H,22,24,28). The number of anilines is 2. The van der Waals surface area contributed by atoms with Crippen molar-refractivity contribution in [3.63, 3.8) is 0 Å². The molecule has 0 aromatic carbocycles. The van der Waals surface area contributed by atoms with Gasteiger partial charge in [0.05, 0.1) is 12.3 Å². The van der Waals surface area contributed by atoms with Crippen LogP contribution in [0.3, 0.4) is 0 Å². The molecule has 0 saturated carbocycles. The van der Waals surface area contributed by atoms with Crippen molar-refractivity contribution in [2.75, 3.05) is 36.5 Å². The van der Waals surface area contributed by atoms with Gasteiger partial charge in [-0.05, 0) is 32.9 Å². The Morgan fingerprint density at radius 3 is 2.90 bits per heavy atom. The van der Waals surface area contributed by atoms with Gasteiger partial charge in [-0.25, -0.2) is 4.98 Å². The number of rotatable bonds is 5. The van der Waals surface area contributed by atoms with Gasteiger partial charge in [0.2, 0.25) is 11.7 Å². The van der Waals surface area contributed by atoms with Gasteiger partial charge in [0, 0.05) is 38.1 Å². The molecular weight excluding hydrogens is 372 g/mol. The monoisotopic (exact) mass is 396 g/mol. The first-order valence-electron chi connectivity index (χ1n) is 9.66. The molecule has 29 heavy (non-hydrogen) atoms. The molecule has 1 saturated heterocycles. The van der Waals surface area contributed by atoms with Gasteiger partial charge in [-0.2, -0.15) is 4.98 Å². The molecule has 1 aliphatic heterocycles. The van der Waals surface area contributed by atoms with Gasteiger partial charge >= 0.3 is 0 Å². The molecule has 3 aromatic heterocycles. The molecule has 1 unspecified atom stereocenters. The van der Waals surface area contributed by atoms with Crippen LogP contribution in [0.4, 0.5) is 11.6 Å². The summed E-state index contributed by atoms with van der Waals surface area (Å²) >= 11 is 0. The predicted molar refractivity (Wildman–Crippen MR) is 109 cm³/mol. The average Bonchev–Trinajstić information content (AvgIpc) is 3.07. The summed E-state index contributed by atoms with van der Waals surface area (Å²) in [6, 6.07) is 4.02. The van der Waals surface area contributed by atoms with Gasteiger partial charge in [-0.1, -0.05) is 0 Å². The van der Waals surface area contributed by atoms with E-state index in [0.717, 1.165) is 31.1 Å². The minimum Gasteiger partial charge on any atom is -0.477 e. The Balaban J connectivity index is 1.53. The molecule has 152 valence electrons. The van der Waals surface area contributed by atoms with E-state index >= 15 is 0 Å². The zero-order valence-corrected chi connectivity index (χ0v) is 16.7. The van der Waals surface area contributed by atoms with Crippen LogP contribution in [0.5, 0.6) is 5.88 Å². The van der Waals surface area contributed by atoms with Crippen molar-refractivity contribution in [1.29, 1.82) is 0 Å². The molecule has 1 fully saturated rings. The molecule has 4 rings (SSSR count). The van der Waals surface area contributed by atoms with Crippen molar-refractivity contribution >= 4 is 23.3 Å². The van der Waals surface area contributed by atoms with Crippen LogP contribution < -0.4 is 20.3 Å². The largest absolute Gasteiger partial charge is 0.477 e. The van der Waals surface area contributed by atoms with Crippen LogP contribution in [-0.4, -0.2) is 62.8 Å². The number of aromatic nitrogens is 5. The second-order valence-electron chi connectivity index (χ2n) is 7.01. The van der Waals surface area contributed by atoms with E-state index in [1.54, 1.807) is 22.9 Å². The van der Waals surface area contributed by atoms with Gasteiger partial charge in [-0.3, -0.25) is 9.20 Å². The number of imidazole rings is 1. The van der Waals surface area contributed by atoms with Crippen molar-refractivity contribution in [2.24, 2.45) is 0 Å². The summed E-state index contributed by atoms with van der Waals surface area (Å²) in [5.74, 6) is 1.51. The molecule has 0 spiro atoms. The quantitative estimate of drug-likeness (QED) is 0.664. The summed E-state index contributed by atoms with van der Waals surface area (Å²) in [5.41, 5.74) is 1.11. The van der Waals surface area contributed by atoms with E-state index in [1.807, 2.05) is 19.9 Å². The number of hydrogen-bond donors (Lipinski definition) is 2. The third kappa shape index (κ3) is 4.11. The molecule has 0 aliphatic carbocycles. The van der Waals surface area contributed by atoms with Crippen molar-refractivity contribution in [1.82, 2.24) is 29.9 Å². The van der Waals surface area contributed by atoms with Gasteiger partial charge in [0.15, 0.2) is 11.6 Å². The fraction of sp³-hybridized carbons (Fsp3) is 0.421. The van der Waals surface area contributed by atoms with Crippen molar-refractivity contribution < 1.29 is 9.53 Å². The summed E-state index contributed by atoms with van der Waals surface area (Å²) in [6.45, 7) is 8.88. The summed E-state index contributed by atoms with van der Waals surface area (Å²) in [6.07, 6.45) is 3.46. The predicted octanol–water partition coefficient (Wildman–Crippen LogP) is 1.28. The first kappa shape index (κ1) is 19.1. The molecule has 1 atom stereocenters. The van der Waals surface area contributed by atoms with Crippen LogP contribution >= 0.6 is 0 Å². The Kier molecular flexibility index (Phi) is 5.26. The van der Waals surface area contributed by atoms with Gasteiger partial charge in [0.1, 0.15) is 5.56 Å². The van der Waals surface area contributed by atoms with E-state index < -0.39 is 0 Å². The average molecular weight is 396 g/mol. The number of fused-ring (bicyclic) bond motifs is 1. The van der Waals surface area contributed by atoms with Crippen molar-refractivity contribution in [2.45, 2.75) is 26.8 Å². The number of carbonyl (C=O) groups is 1. The second-order valence-corrected chi connectivity index (χ2v) is 7.01. The number of nitrogens with one attached hydrogen (secondary N) is 2. The summed E-state index contributed by atoms with van der Waals surface area (Å²) in [5, 5.41) is 14.6. The van der Waals surface area contributed by atoms with E-state index in [9.17, 15) is 4.79 Å². The Morgan fingerprint density at radius 1 is 1.31 bits per heavy atom. The normalized spacial score (nSPS) is 16.8. The maximum Gasteiger partial charge on any atom is 0.263 e. The Bertz CT molecular complexity index is 1020. The molecule has 1 aliphatic rings. The fourth-order valence-electron chi connectivity index (χ4n) is 3.31. The molecule has 10 heteroatoms.